The van der Waals surface area contributed by atoms with E-state index in [4.69, 9.17) is 10.00 Å². The zero-order valence-electron chi connectivity index (χ0n) is 9.66. The van der Waals surface area contributed by atoms with Gasteiger partial charge in [-0.1, -0.05) is 0 Å². The number of ether oxygens (including phenoxy) is 1. The average molecular weight is 238 g/mol. The van der Waals surface area contributed by atoms with E-state index in [1.165, 1.54) is 17.7 Å². The molecule has 0 unspecified atom stereocenters. The minimum Gasteiger partial charge on any atom is -0.385 e. The van der Waals surface area contributed by atoms with Crippen LogP contribution in [-0.4, -0.2) is 20.3 Å². The normalized spacial score (nSPS) is 10.2. The van der Waals surface area contributed by atoms with Crippen molar-refractivity contribution in [3.63, 3.8) is 0 Å². The van der Waals surface area contributed by atoms with Crippen molar-refractivity contribution in [1.29, 1.82) is 5.26 Å². The lowest BCUT2D eigenvalue weighted by Crippen LogP contribution is -2.13. The Kier molecular flexibility index (Phi) is 6.82. The van der Waals surface area contributed by atoms with Gasteiger partial charge >= 0.3 is 0 Å². The molecule has 0 bridgehead atoms. The summed E-state index contributed by atoms with van der Waals surface area (Å²) in [5, 5.41) is 12.0. The first kappa shape index (κ1) is 13.2. The van der Waals surface area contributed by atoms with Gasteiger partial charge in [-0.15, -0.1) is 11.3 Å². The molecule has 88 valence electrons. The molecular weight excluding hydrogens is 220 g/mol. The predicted molar refractivity (Wildman–Crippen MR) is 66.5 cm³/mol. The monoisotopic (exact) mass is 238 g/mol. The summed E-state index contributed by atoms with van der Waals surface area (Å²) in [7, 11) is 1.74. The van der Waals surface area contributed by atoms with Gasteiger partial charge in [-0.25, -0.2) is 0 Å². The molecular formula is C12H18N2OS. The first-order chi connectivity index (χ1) is 7.86. The maximum Gasteiger partial charge on any atom is 0.110 e. The SMILES string of the molecule is COCCCCCNCc1ccc(C#N)s1. The molecule has 0 saturated carbocycles. The quantitative estimate of drug-likeness (QED) is 0.708. The van der Waals surface area contributed by atoms with Gasteiger partial charge < -0.3 is 10.1 Å². The molecule has 0 atom stereocenters. The first-order valence-electron chi connectivity index (χ1n) is 5.55. The van der Waals surface area contributed by atoms with Gasteiger partial charge in [0.2, 0.25) is 0 Å². The van der Waals surface area contributed by atoms with Crippen molar-refractivity contribution in [3.8, 4) is 6.07 Å². The standard InChI is InChI=1S/C12H18N2OS/c1-15-8-4-2-3-7-14-10-12-6-5-11(9-13)16-12/h5-6,14H,2-4,7-8,10H2,1H3. The van der Waals surface area contributed by atoms with Crippen molar-refractivity contribution in [2.75, 3.05) is 20.3 Å². The largest absolute Gasteiger partial charge is 0.385 e. The number of hydrogen-bond donors (Lipinski definition) is 1. The lowest BCUT2D eigenvalue weighted by Gasteiger charge is -2.02. The van der Waals surface area contributed by atoms with Crippen LogP contribution in [-0.2, 0) is 11.3 Å². The van der Waals surface area contributed by atoms with E-state index in [9.17, 15) is 0 Å². The zero-order valence-corrected chi connectivity index (χ0v) is 10.5. The highest BCUT2D eigenvalue weighted by Crippen LogP contribution is 2.14. The van der Waals surface area contributed by atoms with Crippen molar-refractivity contribution in [3.05, 3.63) is 21.9 Å². The Morgan fingerprint density at radius 1 is 1.38 bits per heavy atom. The third-order valence-corrected chi connectivity index (χ3v) is 3.26. The molecule has 4 heteroatoms. The molecule has 0 amide bonds. The molecule has 1 N–H and O–H groups in total. The molecule has 0 spiro atoms. The van der Waals surface area contributed by atoms with E-state index in [1.807, 2.05) is 12.1 Å². The third kappa shape index (κ3) is 5.26. The minimum atomic E-state index is 0.789. The average Bonchev–Trinajstić information content (AvgIpc) is 2.76. The Labute approximate surface area is 101 Å². The molecule has 0 aliphatic heterocycles. The second kappa shape index (κ2) is 8.28. The molecule has 1 aromatic rings. The van der Waals surface area contributed by atoms with Gasteiger partial charge in [-0.05, 0) is 37.9 Å². The minimum absolute atomic E-state index is 0.789. The fourth-order valence-corrected chi connectivity index (χ4v) is 2.19. The van der Waals surface area contributed by atoms with Crippen molar-refractivity contribution < 1.29 is 4.74 Å². The Morgan fingerprint density at radius 3 is 2.94 bits per heavy atom. The van der Waals surface area contributed by atoms with E-state index < -0.39 is 0 Å². The summed E-state index contributed by atoms with van der Waals surface area (Å²) in [4.78, 5) is 2.02. The number of hydrogen-bond acceptors (Lipinski definition) is 4. The van der Waals surface area contributed by atoms with E-state index in [1.54, 1.807) is 18.4 Å². The van der Waals surface area contributed by atoms with Gasteiger partial charge in [-0.2, -0.15) is 5.26 Å². The molecule has 16 heavy (non-hydrogen) atoms. The second-order valence-corrected chi connectivity index (χ2v) is 4.78. The predicted octanol–water partition coefficient (Wildman–Crippen LogP) is 2.53. The van der Waals surface area contributed by atoms with Crippen LogP contribution in [0, 0.1) is 11.3 Å². The number of unbranched alkanes of at least 4 members (excludes halogenated alkanes) is 2. The summed E-state index contributed by atoms with van der Waals surface area (Å²) in [5.41, 5.74) is 0. The van der Waals surface area contributed by atoms with Crippen LogP contribution in [0.25, 0.3) is 0 Å². The third-order valence-electron chi connectivity index (χ3n) is 2.27. The number of nitrogens with one attached hydrogen (secondary N) is 1. The van der Waals surface area contributed by atoms with Crippen LogP contribution in [0.15, 0.2) is 12.1 Å². The summed E-state index contributed by atoms with van der Waals surface area (Å²) in [6.45, 7) is 2.76. The molecule has 1 heterocycles. The zero-order chi connectivity index (χ0) is 11.6. The Hall–Kier alpha value is -0.890. The molecule has 0 fully saturated rings. The van der Waals surface area contributed by atoms with Crippen LogP contribution < -0.4 is 5.32 Å². The topological polar surface area (TPSA) is 45.0 Å². The smallest absolute Gasteiger partial charge is 0.110 e. The molecule has 1 aromatic heterocycles. The lowest BCUT2D eigenvalue weighted by atomic mass is 10.2. The Balaban J connectivity index is 2.01. The van der Waals surface area contributed by atoms with Crippen LogP contribution in [0.1, 0.15) is 29.0 Å². The molecule has 0 aliphatic carbocycles. The molecule has 0 radical (unpaired) electrons. The number of methoxy groups -OCH3 is 1. The molecule has 0 aliphatic rings. The van der Waals surface area contributed by atoms with E-state index in [2.05, 4.69) is 11.4 Å². The molecule has 1 rings (SSSR count). The van der Waals surface area contributed by atoms with Crippen LogP contribution >= 0.6 is 11.3 Å². The van der Waals surface area contributed by atoms with Crippen LogP contribution in [0.3, 0.4) is 0 Å². The van der Waals surface area contributed by atoms with Gasteiger partial charge in [-0.3, -0.25) is 0 Å². The highest BCUT2D eigenvalue weighted by Gasteiger charge is 1.98. The Morgan fingerprint density at radius 2 is 2.25 bits per heavy atom. The fourth-order valence-electron chi connectivity index (χ4n) is 1.42. The van der Waals surface area contributed by atoms with Crippen molar-refractivity contribution in [2.45, 2.75) is 25.8 Å². The number of rotatable bonds is 8. The van der Waals surface area contributed by atoms with Crippen LogP contribution in [0.5, 0.6) is 0 Å². The summed E-state index contributed by atoms with van der Waals surface area (Å²) < 4.78 is 4.98. The van der Waals surface area contributed by atoms with E-state index in [0.717, 1.165) is 31.0 Å². The van der Waals surface area contributed by atoms with E-state index in [-0.39, 0.29) is 0 Å². The van der Waals surface area contributed by atoms with Crippen LogP contribution in [0.4, 0.5) is 0 Å². The first-order valence-corrected chi connectivity index (χ1v) is 6.37. The van der Waals surface area contributed by atoms with Crippen LogP contribution in [0.2, 0.25) is 0 Å². The Bertz CT molecular complexity index is 330. The van der Waals surface area contributed by atoms with E-state index in [0.29, 0.717) is 0 Å². The van der Waals surface area contributed by atoms with Gasteiger partial charge in [0.25, 0.3) is 0 Å². The summed E-state index contributed by atoms with van der Waals surface area (Å²) in [6, 6.07) is 6.04. The maximum absolute atomic E-state index is 8.67. The maximum atomic E-state index is 8.67. The van der Waals surface area contributed by atoms with Gasteiger partial charge in [0.15, 0.2) is 0 Å². The summed E-state index contributed by atoms with van der Waals surface area (Å²) in [6.07, 6.45) is 3.52. The highest BCUT2D eigenvalue weighted by molar-refractivity contribution is 7.12. The summed E-state index contributed by atoms with van der Waals surface area (Å²) in [5.74, 6) is 0. The lowest BCUT2D eigenvalue weighted by molar-refractivity contribution is 0.192. The van der Waals surface area contributed by atoms with Gasteiger partial charge in [0.05, 0.1) is 0 Å². The van der Waals surface area contributed by atoms with Crippen molar-refractivity contribution >= 4 is 11.3 Å². The van der Waals surface area contributed by atoms with Gasteiger partial charge in [0, 0.05) is 25.1 Å². The number of nitrogens with zero attached hydrogens (tertiary/aromatic N) is 1. The summed E-state index contributed by atoms with van der Waals surface area (Å²) >= 11 is 1.56. The molecule has 0 aromatic carbocycles. The fraction of sp³-hybridized carbons (Fsp3) is 0.583. The number of thiophene rings is 1. The second-order valence-electron chi connectivity index (χ2n) is 3.61. The van der Waals surface area contributed by atoms with Gasteiger partial charge in [0.1, 0.15) is 10.9 Å². The molecule has 3 nitrogen and oxygen atoms in total. The molecule has 0 saturated heterocycles. The van der Waals surface area contributed by atoms with E-state index >= 15 is 0 Å². The highest BCUT2D eigenvalue weighted by atomic mass is 32.1. The number of nitriles is 1. The van der Waals surface area contributed by atoms with Crippen molar-refractivity contribution in [1.82, 2.24) is 5.32 Å². The van der Waals surface area contributed by atoms with Crippen molar-refractivity contribution in [2.24, 2.45) is 0 Å².